The molecule has 0 radical (unpaired) electrons. The van der Waals surface area contributed by atoms with Gasteiger partial charge in [0.15, 0.2) is 0 Å². The highest BCUT2D eigenvalue weighted by atomic mass is 15.1. The van der Waals surface area contributed by atoms with Crippen molar-refractivity contribution in [3.8, 4) is 0 Å². The molecule has 1 N–H and O–H groups in total. The molecular weight excluding hydrogens is 234 g/mol. The van der Waals surface area contributed by atoms with Crippen LogP contribution in [0.3, 0.4) is 0 Å². The Balaban J connectivity index is 2.26. The molecule has 1 aromatic carbocycles. The lowest BCUT2D eigenvalue weighted by molar-refractivity contribution is 0.395. The van der Waals surface area contributed by atoms with Crippen LogP contribution >= 0.6 is 0 Å². The second-order valence-corrected chi connectivity index (χ2v) is 4.98. The molecule has 2 atom stereocenters. The molecule has 3 heteroatoms. The van der Waals surface area contributed by atoms with Gasteiger partial charge < -0.3 is 9.88 Å². The van der Waals surface area contributed by atoms with Crippen LogP contribution in [0.4, 0.5) is 0 Å². The summed E-state index contributed by atoms with van der Waals surface area (Å²) in [6, 6.07) is 9.50. The molecule has 0 spiro atoms. The van der Waals surface area contributed by atoms with Gasteiger partial charge in [0.2, 0.25) is 0 Å². The van der Waals surface area contributed by atoms with Crippen molar-refractivity contribution in [2.24, 2.45) is 0 Å². The van der Waals surface area contributed by atoms with Crippen molar-refractivity contribution in [2.75, 3.05) is 7.05 Å². The first-order valence-corrected chi connectivity index (χ1v) is 6.93. The molecule has 1 aromatic heterocycles. The minimum absolute atomic E-state index is 0.291. The standard InChI is InChI=1S/C16H23N3/c1-5-14-6-8-15(9-7-14)16(17-4)12(2)19-11-10-18-13(19)3/h6-12,16-17H,5H2,1-4H3. The highest BCUT2D eigenvalue weighted by molar-refractivity contribution is 5.26. The lowest BCUT2D eigenvalue weighted by Gasteiger charge is -2.26. The van der Waals surface area contributed by atoms with E-state index < -0.39 is 0 Å². The zero-order valence-electron chi connectivity index (χ0n) is 12.2. The van der Waals surface area contributed by atoms with Crippen LogP contribution in [0.1, 0.15) is 42.9 Å². The molecule has 2 rings (SSSR count). The van der Waals surface area contributed by atoms with Gasteiger partial charge in [-0.1, -0.05) is 31.2 Å². The van der Waals surface area contributed by atoms with Crippen LogP contribution < -0.4 is 5.32 Å². The monoisotopic (exact) mass is 257 g/mol. The number of aryl methyl sites for hydroxylation is 2. The predicted octanol–water partition coefficient (Wildman–Crippen LogP) is 3.28. The van der Waals surface area contributed by atoms with E-state index >= 15 is 0 Å². The van der Waals surface area contributed by atoms with Gasteiger partial charge in [-0.3, -0.25) is 0 Å². The molecule has 0 saturated carbocycles. The summed E-state index contributed by atoms with van der Waals surface area (Å²) in [5, 5.41) is 3.42. The Hall–Kier alpha value is -1.61. The van der Waals surface area contributed by atoms with Crippen molar-refractivity contribution < 1.29 is 0 Å². The van der Waals surface area contributed by atoms with E-state index in [0.717, 1.165) is 12.2 Å². The summed E-state index contributed by atoms with van der Waals surface area (Å²) < 4.78 is 2.22. The van der Waals surface area contributed by atoms with E-state index in [-0.39, 0.29) is 0 Å². The summed E-state index contributed by atoms with van der Waals surface area (Å²) in [6.45, 7) is 6.45. The molecule has 3 nitrogen and oxygen atoms in total. The fourth-order valence-corrected chi connectivity index (χ4v) is 2.63. The van der Waals surface area contributed by atoms with E-state index in [2.05, 4.69) is 53.0 Å². The van der Waals surface area contributed by atoms with Gasteiger partial charge in [0.25, 0.3) is 0 Å². The van der Waals surface area contributed by atoms with E-state index in [9.17, 15) is 0 Å². The summed E-state index contributed by atoms with van der Waals surface area (Å²) in [6.07, 6.45) is 4.99. The molecule has 0 saturated heterocycles. The fraction of sp³-hybridized carbons (Fsp3) is 0.438. The van der Waals surface area contributed by atoms with Gasteiger partial charge in [0.05, 0.1) is 12.1 Å². The van der Waals surface area contributed by atoms with Crippen molar-refractivity contribution in [1.29, 1.82) is 0 Å². The molecule has 0 aliphatic heterocycles. The SMILES string of the molecule is CCc1ccc(C(NC)C(C)n2ccnc2C)cc1. The number of nitrogens with zero attached hydrogens (tertiary/aromatic N) is 2. The lowest BCUT2D eigenvalue weighted by atomic mass is 9.98. The molecule has 1 heterocycles. The smallest absolute Gasteiger partial charge is 0.105 e. The number of likely N-dealkylation sites (N-methyl/N-ethyl adjacent to an activating group) is 1. The topological polar surface area (TPSA) is 29.9 Å². The first-order valence-electron chi connectivity index (χ1n) is 6.93. The number of rotatable bonds is 5. The van der Waals surface area contributed by atoms with Gasteiger partial charge in [-0.05, 0) is 38.4 Å². The number of aromatic nitrogens is 2. The van der Waals surface area contributed by atoms with Crippen LogP contribution in [0.5, 0.6) is 0 Å². The number of imidazole rings is 1. The summed E-state index contributed by atoms with van der Waals surface area (Å²) >= 11 is 0. The first kappa shape index (κ1) is 13.8. The third-order valence-electron chi connectivity index (χ3n) is 3.84. The predicted molar refractivity (Wildman–Crippen MR) is 79.3 cm³/mol. The van der Waals surface area contributed by atoms with Crippen LogP contribution in [-0.4, -0.2) is 16.6 Å². The number of nitrogens with one attached hydrogen (secondary N) is 1. The van der Waals surface area contributed by atoms with Crippen LogP contribution in [0.15, 0.2) is 36.7 Å². The number of hydrogen-bond acceptors (Lipinski definition) is 2. The second-order valence-electron chi connectivity index (χ2n) is 4.98. The lowest BCUT2D eigenvalue weighted by Crippen LogP contribution is -2.26. The van der Waals surface area contributed by atoms with Crippen LogP contribution in [-0.2, 0) is 6.42 Å². The Kier molecular flexibility index (Phi) is 4.38. The highest BCUT2D eigenvalue weighted by Gasteiger charge is 2.19. The Bertz CT molecular complexity index is 513. The van der Waals surface area contributed by atoms with Gasteiger partial charge in [0.1, 0.15) is 5.82 Å². The maximum atomic E-state index is 4.31. The van der Waals surface area contributed by atoms with E-state index in [0.29, 0.717) is 12.1 Å². The van der Waals surface area contributed by atoms with Crippen LogP contribution in [0.25, 0.3) is 0 Å². The summed E-state index contributed by atoms with van der Waals surface area (Å²) in [5.74, 6) is 1.05. The average Bonchev–Trinajstić information content (AvgIpc) is 2.86. The average molecular weight is 257 g/mol. The van der Waals surface area contributed by atoms with Gasteiger partial charge in [-0.25, -0.2) is 4.98 Å². The zero-order valence-corrected chi connectivity index (χ0v) is 12.2. The third kappa shape index (κ3) is 2.87. The summed E-state index contributed by atoms with van der Waals surface area (Å²) in [7, 11) is 2.02. The van der Waals surface area contributed by atoms with Crippen molar-refractivity contribution >= 4 is 0 Å². The molecule has 0 amide bonds. The highest BCUT2D eigenvalue weighted by Crippen LogP contribution is 2.26. The fourth-order valence-electron chi connectivity index (χ4n) is 2.63. The van der Waals surface area contributed by atoms with Gasteiger partial charge in [0, 0.05) is 12.4 Å². The Morgan fingerprint density at radius 2 is 1.95 bits per heavy atom. The van der Waals surface area contributed by atoms with Gasteiger partial charge in [-0.2, -0.15) is 0 Å². The molecule has 0 aliphatic rings. The maximum Gasteiger partial charge on any atom is 0.105 e. The minimum atomic E-state index is 0.291. The third-order valence-corrected chi connectivity index (χ3v) is 3.84. The van der Waals surface area contributed by atoms with Crippen molar-refractivity contribution in [3.05, 3.63) is 53.6 Å². The van der Waals surface area contributed by atoms with E-state index in [1.165, 1.54) is 11.1 Å². The molecular formula is C16H23N3. The number of hydrogen-bond donors (Lipinski definition) is 1. The van der Waals surface area contributed by atoms with E-state index in [1.54, 1.807) is 0 Å². The molecule has 2 unspecified atom stereocenters. The van der Waals surface area contributed by atoms with Gasteiger partial charge >= 0.3 is 0 Å². The molecule has 19 heavy (non-hydrogen) atoms. The Morgan fingerprint density at radius 1 is 1.26 bits per heavy atom. The molecule has 102 valence electrons. The Labute approximate surface area is 115 Å². The first-order chi connectivity index (χ1) is 9.17. The van der Waals surface area contributed by atoms with Crippen molar-refractivity contribution in [2.45, 2.75) is 39.3 Å². The quantitative estimate of drug-likeness (QED) is 0.891. The zero-order chi connectivity index (χ0) is 13.8. The second kappa shape index (κ2) is 6.02. The minimum Gasteiger partial charge on any atom is -0.330 e. The maximum absolute atomic E-state index is 4.31. The summed E-state index contributed by atoms with van der Waals surface area (Å²) in [5.41, 5.74) is 2.70. The molecule has 0 fully saturated rings. The number of benzene rings is 1. The van der Waals surface area contributed by atoms with Crippen LogP contribution in [0, 0.1) is 6.92 Å². The van der Waals surface area contributed by atoms with Crippen molar-refractivity contribution in [3.63, 3.8) is 0 Å². The van der Waals surface area contributed by atoms with E-state index in [1.807, 2.05) is 26.4 Å². The van der Waals surface area contributed by atoms with Crippen molar-refractivity contribution in [1.82, 2.24) is 14.9 Å². The summed E-state index contributed by atoms with van der Waals surface area (Å²) in [4.78, 5) is 4.31. The molecule has 2 aromatic rings. The van der Waals surface area contributed by atoms with Gasteiger partial charge in [-0.15, -0.1) is 0 Å². The van der Waals surface area contributed by atoms with E-state index in [4.69, 9.17) is 0 Å². The molecule has 0 aliphatic carbocycles. The normalized spacial score (nSPS) is 14.3. The molecule has 0 bridgehead atoms. The Morgan fingerprint density at radius 3 is 2.42 bits per heavy atom. The largest absolute Gasteiger partial charge is 0.330 e. The van der Waals surface area contributed by atoms with Crippen LogP contribution in [0.2, 0.25) is 0 Å².